The summed E-state index contributed by atoms with van der Waals surface area (Å²) in [5, 5.41) is 6.91. The third kappa shape index (κ3) is 3.10. The molecule has 0 radical (unpaired) electrons. The summed E-state index contributed by atoms with van der Waals surface area (Å²) < 4.78 is 40.1. The van der Waals surface area contributed by atoms with Gasteiger partial charge in [0, 0.05) is 12.6 Å². The minimum absolute atomic E-state index is 0.0916. The minimum Gasteiger partial charge on any atom is -0.366 e. The van der Waals surface area contributed by atoms with Crippen molar-refractivity contribution in [3.05, 3.63) is 53.5 Å². The number of anilines is 1. The highest BCUT2D eigenvalue weighted by Gasteiger charge is 2.34. The highest BCUT2D eigenvalue weighted by atomic mass is 19.4. The van der Waals surface area contributed by atoms with Gasteiger partial charge in [-0.2, -0.15) is 27.8 Å². The Hall–Kier alpha value is -2.64. The fourth-order valence-corrected chi connectivity index (χ4v) is 2.34. The molecule has 0 amide bonds. The summed E-state index contributed by atoms with van der Waals surface area (Å²) in [4.78, 5) is 7.22. The molecule has 0 unspecified atom stereocenters. The number of rotatable bonds is 4. The Kier molecular flexibility index (Phi) is 3.89. The van der Waals surface area contributed by atoms with Crippen LogP contribution in [0, 0.1) is 0 Å². The van der Waals surface area contributed by atoms with E-state index < -0.39 is 11.9 Å². The summed E-state index contributed by atoms with van der Waals surface area (Å²) in [5.41, 5.74) is 1.16. The molecule has 2 aromatic heterocycles. The molecule has 0 saturated heterocycles. The van der Waals surface area contributed by atoms with Crippen molar-refractivity contribution in [1.29, 1.82) is 0 Å². The predicted octanol–water partition coefficient (Wildman–Crippen LogP) is 3.32. The van der Waals surface area contributed by atoms with Crippen molar-refractivity contribution in [2.24, 2.45) is 0 Å². The van der Waals surface area contributed by atoms with Gasteiger partial charge in [-0.15, -0.1) is 0 Å². The van der Waals surface area contributed by atoms with Crippen molar-refractivity contribution in [2.45, 2.75) is 26.1 Å². The van der Waals surface area contributed by atoms with Gasteiger partial charge in [0.1, 0.15) is 12.1 Å². The first kappa shape index (κ1) is 15.3. The van der Waals surface area contributed by atoms with E-state index in [0.29, 0.717) is 6.54 Å². The predicted molar refractivity (Wildman–Crippen MR) is 78.9 cm³/mol. The quantitative estimate of drug-likeness (QED) is 0.801. The highest BCUT2D eigenvalue weighted by Crippen LogP contribution is 2.29. The molecule has 5 nitrogen and oxygen atoms in total. The number of benzene rings is 1. The van der Waals surface area contributed by atoms with E-state index >= 15 is 0 Å². The zero-order valence-corrected chi connectivity index (χ0v) is 12.3. The second-order valence-electron chi connectivity index (χ2n) is 4.97. The maximum absolute atomic E-state index is 12.9. The fraction of sp³-hybridized carbons (Fsp3) is 0.267. The lowest BCUT2D eigenvalue weighted by atomic mass is 10.1. The maximum Gasteiger partial charge on any atom is 0.433 e. The summed E-state index contributed by atoms with van der Waals surface area (Å²) in [6.07, 6.45) is -2.51. The average molecular weight is 321 g/mol. The Labute approximate surface area is 130 Å². The molecule has 0 saturated carbocycles. The van der Waals surface area contributed by atoms with E-state index in [4.69, 9.17) is 0 Å². The number of aryl methyl sites for hydroxylation is 1. The number of nitrogens with one attached hydrogen (secondary N) is 1. The number of nitrogens with zero attached hydrogens (tertiary/aromatic N) is 4. The van der Waals surface area contributed by atoms with Crippen molar-refractivity contribution in [1.82, 2.24) is 19.6 Å². The second-order valence-corrected chi connectivity index (χ2v) is 4.97. The van der Waals surface area contributed by atoms with Gasteiger partial charge in [-0.25, -0.2) is 4.98 Å². The highest BCUT2D eigenvalue weighted by molar-refractivity contribution is 5.46. The average Bonchev–Trinajstić information content (AvgIpc) is 3.00. The van der Waals surface area contributed by atoms with Crippen LogP contribution in [0.4, 0.5) is 19.0 Å². The molecule has 3 rings (SSSR count). The van der Waals surface area contributed by atoms with Crippen LogP contribution in [-0.2, 0) is 19.1 Å². The molecule has 0 fully saturated rings. The van der Waals surface area contributed by atoms with Crippen molar-refractivity contribution in [2.75, 3.05) is 5.32 Å². The van der Waals surface area contributed by atoms with Crippen LogP contribution in [-0.4, -0.2) is 19.6 Å². The Morgan fingerprint density at radius 1 is 1.17 bits per heavy atom. The Bertz CT molecular complexity index is 825. The normalized spacial score (nSPS) is 11.8. The zero-order valence-electron chi connectivity index (χ0n) is 12.3. The molecule has 0 atom stereocenters. The molecule has 0 aliphatic carbocycles. The van der Waals surface area contributed by atoms with E-state index in [1.165, 1.54) is 10.8 Å². The van der Waals surface area contributed by atoms with Gasteiger partial charge >= 0.3 is 6.18 Å². The molecule has 0 aliphatic heterocycles. The fourth-order valence-electron chi connectivity index (χ4n) is 2.34. The van der Waals surface area contributed by atoms with Crippen molar-refractivity contribution in [3.8, 4) is 0 Å². The molecule has 3 aromatic rings. The van der Waals surface area contributed by atoms with Crippen LogP contribution in [0.3, 0.4) is 0 Å². The second kappa shape index (κ2) is 5.86. The summed E-state index contributed by atoms with van der Waals surface area (Å²) in [6, 6.07) is 8.71. The van der Waals surface area contributed by atoms with Gasteiger partial charge in [-0.3, -0.25) is 0 Å². The van der Waals surface area contributed by atoms with Gasteiger partial charge in [0.25, 0.3) is 5.78 Å². The Balaban J connectivity index is 1.94. The molecule has 23 heavy (non-hydrogen) atoms. The molecular formula is C15H14F3N5. The first-order chi connectivity index (χ1) is 11.0. The molecule has 1 N–H and O–H groups in total. The topological polar surface area (TPSA) is 55.1 Å². The molecule has 0 spiro atoms. The van der Waals surface area contributed by atoms with Gasteiger partial charge in [-0.1, -0.05) is 31.2 Å². The van der Waals surface area contributed by atoms with Crippen LogP contribution in [0.25, 0.3) is 5.78 Å². The number of hydrogen-bond donors (Lipinski definition) is 1. The van der Waals surface area contributed by atoms with E-state index in [0.717, 1.165) is 23.6 Å². The van der Waals surface area contributed by atoms with E-state index in [9.17, 15) is 13.2 Å². The zero-order chi connectivity index (χ0) is 16.4. The lowest BCUT2D eigenvalue weighted by Gasteiger charge is -2.13. The van der Waals surface area contributed by atoms with E-state index in [1.54, 1.807) is 0 Å². The van der Waals surface area contributed by atoms with Crippen LogP contribution in [0.15, 0.2) is 36.7 Å². The van der Waals surface area contributed by atoms with Gasteiger partial charge in [0.15, 0.2) is 5.69 Å². The first-order valence-electron chi connectivity index (χ1n) is 7.07. The molecular weight excluding hydrogens is 307 g/mol. The SMILES string of the molecule is CCc1ccccc1CNc1cc(C(F)(F)F)nc2ncnn12. The van der Waals surface area contributed by atoms with Crippen LogP contribution >= 0.6 is 0 Å². The lowest BCUT2D eigenvalue weighted by Crippen LogP contribution is -2.13. The van der Waals surface area contributed by atoms with E-state index in [-0.39, 0.29) is 11.6 Å². The number of alkyl halides is 3. The minimum atomic E-state index is -4.54. The van der Waals surface area contributed by atoms with Gasteiger partial charge in [-0.05, 0) is 17.5 Å². The maximum atomic E-state index is 12.9. The monoisotopic (exact) mass is 321 g/mol. The van der Waals surface area contributed by atoms with Crippen LogP contribution in [0.1, 0.15) is 23.7 Å². The summed E-state index contributed by atoms with van der Waals surface area (Å²) in [6.45, 7) is 2.42. The molecule has 120 valence electrons. The first-order valence-corrected chi connectivity index (χ1v) is 7.07. The third-order valence-corrected chi connectivity index (χ3v) is 3.50. The lowest BCUT2D eigenvalue weighted by molar-refractivity contribution is -0.141. The number of hydrogen-bond acceptors (Lipinski definition) is 4. The van der Waals surface area contributed by atoms with Crippen LogP contribution in [0.5, 0.6) is 0 Å². The number of halogens is 3. The molecule has 0 aliphatic rings. The number of fused-ring (bicyclic) bond motifs is 1. The van der Waals surface area contributed by atoms with Crippen LogP contribution in [0.2, 0.25) is 0 Å². The van der Waals surface area contributed by atoms with E-state index in [1.807, 2.05) is 31.2 Å². The Morgan fingerprint density at radius 3 is 2.61 bits per heavy atom. The van der Waals surface area contributed by atoms with Crippen LogP contribution < -0.4 is 5.32 Å². The summed E-state index contributed by atoms with van der Waals surface area (Å²) in [7, 11) is 0. The molecule has 2 heterocycles. The van der Waals surface area contributed by atoms with E-state index in [2.05, 4.69) is 20.4 Å². The summed E-state index contributed by atoms with van der Waals surface area (Å²) in [5.74, 6) is 0.108. The molecule has 0 bridgehead atoms. The standard InChI is InChI=1S/C15H14F3N5/c1-2-10-5-3-4-6-11(10)8-19-13-7-12(15(16,17)18)22-14-20-9-21-23(13)14/h3-7,9,19H,2,8H2,1H3. The molecule has 1 aromatic carbocycles. The van der Waals surface area contributed by atoms with Gasteiger partial charge < -0.3 is 5.32 Å². The van der Waals surface area contributed by atoms with Crippen molar-refractivity contribution < 1.29 is 13.2 Å². The van der Waals surface area contributed by atoms with Crippen molar-refractivity contribution >= 4 is 11.6 Å². The van der Waals surface area contributed by atoms with Gasteiger partial charge in [0.2, 0.25) is 0 Å². The number of aromatic nitrogens is 4. The smallest absolute Gasteiger partial charge is 0.366 e. The third-order valence-electron chi connectivity index (χ3n) is 3.50. The largest absolute Gasteiger partial charge is 0.433 e. The molecule has 8 heteroatoms. The Morgan fingerprint density at radius 2 is 1.91 bits per heavy atom. The summed E-state index contributed by atoms with van der Waals surface area (Å²) >= 11 is 0. The van der Waals surface area contributed by atoms with Crippen molar-refractivity contribution in [3.63, 3.8) is 0 Å². The van der Waals surface area contributed by atoms with Gasteiger partial charge in [0.05, 0.1) is 0 Å².